The zero-order valence-electron chi connectivity index (χ0n) is 19.4. The van der Waals surface area contributed by atoms with Crippen molar-refractivity contribution >= 4 is 27.6 Å². The third-order valence-corrected chi connectivity index (χ3v) is 8.15. The van der Waals surface area contributed by atoms with Crippen molar-refractivity contribution in [1.82, 2.24) is 5.32 Å². The van der Waals surface area contributed by atoms with Crippen molar-refractivity contribution in [2.75, 3.05) is 19.0 Å². The normalized spacial score (nSPS) is 23.1. The minimum absolute atomic E-state index is 0.182. The number of ether oxygens (including phenoxy) is 2. The summed E-state index contributed by atoms with van der Waals surface area (Å²) in [6.45, 7) is 0.0766. The van der Waals surface area contributed by atoms with E-state index in [1.54, 1.807) is 24.3 Å². The summed E-state index contributed by atoms with van der Waals surface area (Å²) in [5, 5.41) is 3.01. The Morgan fingerprint density at radius 2 is 1.63 bits per heavy atom. The summed E-state index contributed by atoms with van der Waals surface area (Å²) in [6.07, 6.45) is 4.58. The molecular formula is C26H27BrF3NO4. The van der Waals surface area contributed by atoms with Crippen molar-refractivity contribution in [3.8, 4) is 11.5 Å². The van der Waals surface area contributed by atoms with Crippen LogP contribution >= 0.6 is 15.9 Å². The topological polar surface area (TPSA) is 64.6 Å². The van der Waals surface area contributed by atoms with Crippen LogP contribution in [0.3, 0.4) is 0 Å². The highest BCUT2D eigenvalue weighted by Crippen LogP contribution is 2.57. The van der Waals surface area contributed by atoms with Crippen LogP contribution < -0.4 is 14.8 Å². The summed E-state index contributed by atoms with van der Waals surface area (Å²) in [5.41, 5.74) is -0.564. The van der Waals surface area contributed by atoms with Crippen LogP contribution in [0, 0.1) is 28.3 Å². The molecule has 3 aliphatic carbocycles. The Hall–Kier alpha value is -2.55. The molecule has 1 amide bonds. The lowest BCUT2D eigenvalue weighted by molar-refractivity contribution is -0.135. The van der Waals surface area contributed by atoms with Gasteiger partial charge in [0.25, 0.3) is 5.91 Å². The molecule has 0 saturated heterocycles. The van der Waals surface area contributed by atoms with Gasteiger partial charge in [0.15, 0.2) is 17.4 Å². The molecule has 0 aliphatic heterocycles. The molecule has 0 spiro atoms. The first-order chi connectivity index (χ1) is 16.7. The highest BCUT2D eigenvalue weighted by Gasteiger charge is 2.51. The third kappa shape index (κ3) is 5.06. The van der Waals surface area contributed by atoms with Gasteiger partial charge in [0.05, 0.1) is 18.0 Å². The second-order valence-corrected chi connectivity index (χ2v) is 10.1. The average molecular weight is 554 g/mol. The zero-order valence-corrected chi connectivity index (χ0v) is 21.0. The highest BCUT2D eigenvalue weighted by atomic mass is 79.9. The Bertz CT molecular complexity index is 1100. The van der Waals surface area contributed by atoms with E-state index in [-0.39, 0.29) is 29.8 Å². The molecule has 3 saturated carbocycles. The average Bonchev–Trinajstić information content (AvgIpc) is 2.90. The van der Waals surface area contributed by atoms with Gasteiger partial charge < -0.3 is 14.8 Å². The Morgan fingerprint density at radius 3 is 2.20 bits per heavy atom. The molecular weight excluding hydrogens is 527 g/mol. The molecule has 5 nitrogen and oxygen atoms in total. The summed E-state index contributed by atoms with van der Waals surface area (Å²) in [4.78, 5) is 25.0. The Kier molecular flexibility index (Phi) is 7.45. The van der Waals surface area contributed by atoms with E-state index in [0.717, 1.165) is 38.5 Å². The second kappa shape index (κ2) is 10.2. The van der Waals surface area contributed by atoms with Crippen LogP contribution in [-0.2, 0) is 11.4 Å². The fraction of sp³-hybridized carbons (Fsp3) is 0.462. The van der Waals surface area contributed by atoms with Gasteiger partial charge >= 0.3 is 0 Å². The Balaban J connectivity index is 1.40. The first-order valence-electron chi connectivity index (χ1n) is 11.5. The van der Waals surface area contributed by atoms with E-state index in [1.165, 1.54) is 7.11 Å². The van der Waals surface area contributed by atoms with Crippen molar-refractivity contribution in [2.45, 2.75) is 45.1 Å². The number of halogens is 4. The van der Waals surface area contributed by atoms with E-state index in [9.17, 15) is 22.8 Å². The molecule has 3 fully saturated rings. The number of benzene rings is 2. The van der Waals surface area contributed by atoms with Crippen LogP contribution in [0.1, 0.15) is 54.4 Å². The molecule has 0 atom stereocenters. The van der Waals surface area contributed by atoms with E-state index in [0.29, 0.717) is 22.7 Å². The van der Waals surface area contributed by atoms with E-state index in [4.69, 9.17) is 9.47 Å². The molecule has 0 unspecified atom stereocenters. The number of carbonyl (C=O) groups excluding carboxylic acids is 2. The molecule has 0 radical (unpaired) electrons. The largest absolute Gasteiger partial charge is 0.497 e. The number of methoxy groups -OCH3 is 1. The molecule has 1 N–H and O–H groups in total. The highest BCUT2D eigenvalue weighted by molar-refractivity contribution is 9.09. The number of carbonyl (C=O) groups is 2. The molecule has 5 rings (SSSR count). The molecule has 188 valence electrons. The summed E-state index contributed by atoms with van der Waals surface area (Å²) in [7, 11) is 1.51. The van der Waals surface area contributed by atoms with Crippen molar-refractivity contribution in [3.05, 3.63) is 58.9 Å². The van der Waals surface area contributed by atoms with Crippen LogP contribution in [0.4, 0.5) is 13.2 Å². The smallest absolute Gasteiger partial charge is 0.254 e. The van der Waals surface area contributed by atoms with Crippen molar-refractivity contribution in [2.24, 2.45) is 10.8 Å². The van der Waals surface area contributed by atoms with Crippen LogP contribution in [0.25, 0.3) is 0 Å². The third-order valence-electron chi connectivity index (χ3n) is 7.64. The summed E-state index contributed by atoms with van der Waals surface area (Å²) >= 11 is 3.27. The van der Waals surface area contributed by atoms with Crippen LogP contribution in [-0.4, -0.2) is 30.7 Å². The predicted molar refractivity (Wildman–Crippen MR) is 127 cm³/mol. The number of ketones is 1. The van der Waals surface area contributed by atoms with E-state index >= 15 is 0 Å². The van der Waals surface area contributed by atoms with Gasteiger partial charge in [-0.15, -0.1) is 0 Å². The van der Waals surface area contributed by atoms with Crippen LogP contribution in [0.2, 0.25) is 0 Å². The van der Waals surface area contributed by atoms with Gasteiger partial charge in [0, 0.05) is 12.0 Å². The monoisotopic (exact) mass is 553 g/mol. The number of hydrogen-bond acceptors (Lipinski definition) is 4. The molecule has 0 aromatic heterocycles. The number of nitrogens with one attached hydrogen (secondary N) is 1. The number of fused-ring (bicyclic) bond motifs is 3. The van der Waals surface area contributed by atoms with Crippen molar-refractivity contribution in [1.29, 1.82) is 0 Å². The first kappa shape index (κ1) is 25.5. The van der Waals surface area contributed by atoms with Crippen LogP contribution in [0.5, 0.6) is 11.5 Å². The van der Waals surface area contributed by atoms with Crippen LogP contribution in [0.15, 0.2) is 30.3 Å². The molecule has 2 bridgehead atoms. The molecule has 0 heterocycles. The lowest BCUT2D eigenvalue weighted by atomic mass is 9.52. The lowest BCUT2D eigenvalue weighted by Crippen LogP contribution is -2.50. The van der Waals surface area contributed by atoms with Crippen molar-refractivity contribution < 1.29 is 32.2 Å². The van der Waals surface area contributed by atoms with Crippen molar-refractivity contribution in [3.63, 3.8) is 0 Å². The summed E-state index contributed by atoms with van der Waals surface area (Å²) in [6, 6.07) is 7.30. The molecule has 9 heteroatoms. The summed E-state index contributed by atoms with van der Waals surface area (Å²) in [5.74, 6) is -5.08. The maximum atomic E-state index is 14.7. The quantitative estimate of drug-likeness (QED) is 0.318. The minimum atomic E-state index is -1.55. The standard InChI is InChI=1S/C26H27BrF3NO4/c1-34-17-4-2-16(3-5-17)14-35-23-19(28)12-18(21(29)22(23)30)24(33)31-15-25-6-9-26(10-7-25,11-8-25)20(32)13-27/h2-5,12H,6-11,13-15H2,1H3,(H,31,33). The van der Waals surface area contributed by atoms with E-state index < -0.39 is 34.7 Å². The Morgan fingerprint density at radius 1 is 1.00 bits per heavy atom. The molecule has 2 aromatic rings. The van der Waals surface area contributed by atoms with Gasteiger partial charge in [-0.3, -0.25) is 9.59 Å². The summed E-state index contributed by atoms with van der Waals surface area (Å²) < 4.78 is 54.2. The maximum absolute atomic E-state index is 14.7. The molecule has 3 aliphatic rings. The minimum Gasteiger partial charge on any atom is -0.497 e. The maximum Gasteiger partial charge on any atom is 0.254 e. The van der Waals surface area contributed by atoms with Gasteiger partial charge in [-0.05, 0) is 67.7 Å². The predicted octanol–water partition coefficient (Wildman–Crippen LogP) is 5.73. The molecule has 35 heavy (non-hydrogen) atoms. The van der Waals surface area contributed by atoms with Gasteiger partial charge in [-0.25, -0.2) is 8.78 Å². The number of hydrogen-bond donors (Lipinski definition) is 1. The fourth-order valence-corrected chi connectivity index (χ4v) is 5.80. The number of amides is 1. The van der Waals surface area contributed by atoms with Gasteiger partial charge in [-0.1, -0.05) is 28.1 Å². The van der Waals surface area contributed by atoms with E-state index in [2.05, 4.69) is 21.2 Å². The SMILES string of the molecule is COc1ccc(COc2c(F)cc(C(=O)NCC34CCC(C(=O)CBr)(CC3)CC4)c(F)c2F)cc1. The first-order valence-corrected chi connectivity index (χ1v) is 12.7. The Labute approximate surface area is 210 Å². The van der Waals surface area contributed by atoms with Gasteiger partial charge in [-0.2, -0.15) is 4.39 Å². The van der Waals surface area contributed by atoms with Gasteiger partial charge in [0.2, 0.25) is 5.82 Å². The number of Topliss-reactive ketones (excluding diaryl/α,β-unsaturated/α-hetero) is 1. The van der Waals surface area contributed by atoms with E-state index in [1.807, 2.05) is 0 Å². The zero-order chi connectivity index (χ0) is 25.2. The second-order valence-electron chi connectivity index (χ2n) is 9.52. The lowest BCUT2D eigenvalue weighted by Gasteiger charge is -2.52. The number of alkyl halides is 1. The fourth-order valence-electron chi connectivity index (χ4n) is 5.20. The molecule has 2 aromatic carbocycles. The number of rotatable bonds is 9. The van der Waals surface area contributed by atoms with Gasteiger partial charge in [0.1, 0.15) is 18.1 Å².